The molecule has 0 aliphatic carbocycles. The van der Waals surface area contributed by atoms with Crippen molar-refractivity contribution in [1.82, 2.24) is 15.1 Å². The van der Waals surface area contributed by atoms with Crippen LogP contribution in [-0.2, 0) is 6.54 Å². The summed E-state index contributed by atoms with van der Waals surface area (Å²) >= 11 is 11.3. The van der Waals surface area contributed by atoms with E-state index in [4.69, 9.17) is 11.6 Å². The third kappa shape index (κ3) is 4.09. The Morgan fingerprint density at radius 3 is 2.75 bits per heavy atom. The van der Waals surface area contributed by atoms with Gasteiger partial charge in [-0.2, -0.15) is 0 Å². The first kappa shape index (κ1) is 17.0. The Morgan fingerprint density at radius 2 is 2.10 bits per heavy atom. The first-order chi connectivity index (χ1) is 9.22. The molecule has 1 N–H and O–H groups in total. The van der Waals surface area contributed by atoms with E-state index in [0.717, 1.165) is 34.5 Å². The van der Waals surface area contributed by atoms with Gasteiger partial charge in [0.25, 0.3) is 0 Å². The molecule has 7 heteroatoms. The zero-order valence-corrected chi connectivity index (χ0v) is 15.3. The van der Waals surface area contributed by atoms with E-state index >= 15 is 0 Å². The number of hydrogen-bond donors (Lipinski definition) is 1. The van der Waals surface area contributed by atoms with Crippen molar-refractivity contribution in [2.24, 2.45) is 0 Å². The normalized spacial score (nSPS) is 24.8. The molecule has 3 heterocycles. The number of likely N-dealkylation sites (tertiary alicyclic amines) is 1. The Morgan fingerprint density at radius 1 is 1.35 bits per heavy atom. The molecule has 1 atom stereocenters. The van der Waals surface area contributed by atoms with E-state index in [1.54, 1.807) is 11.3 Å². The van der Waals surface area contributed by atoms with Crippen molar-refractivity contribution in [2.45, 2.75) is 19.0 Å². The van der Waals surface area contributed by atoms with Crippen LogP contribution in [0.15, 0.2) is 10.5 Å². The van der Waals surface area contributed by atoms with Crippen molar-refractivity contribution < 1.29 is 0 Å². The predicted molar refractivity (Wildman–Crippen MR) is 92.4 cm³/mol. The van der Waals surface area contributed by atoms with Gasteiger partial charge in [-0.15, -0.1) is 23.7 Å². The summed E-state index contributed by atoms with van der Waals surface area (Å²) in [6.07, 6.45) is 1.31. The van der Waals surface area contributed by atoms with Crippen molar-refractivity contribution in [3.05, 3.63) is 19.8 Å². The highest BCUT2D eigenvalue weighted by atomic mass is 79.9. The third-order valence-corrected chi connectivity index (χ3v) is 6.45. The molecule has 0 amide bonds. The van der Waals surface area contributed by atoms with E-state index in [9.17, 15) is 0 Å². The average Bonchev–Trinajstić information content (AvgIpc) is 2.99. The largest absolute Gasteiger partial charge is 0.314 e. The molecule has 2 aliphatic rings. The maximum Gasteiger partial charge on any atom is 0.107 e. The van der Waals surface area contributed by atoms with Crippen molar-refractivity contribution in [3.8, 4) is 0 Å². The smallest absolute Gasteiger partial charge is 0.107 e. The minimum absolute atomic E-state index is 0. The van der Waals surface area contributed by atoms with Crippen molar-refractivity contribution in [1.29, 1.82) is 0 Å². The molecule has 0 spiro atoms. The molecule has 0 bridgehead atoms. The summed E-state index contributed by atoms with van der Waals surface area (Å²) in [5.41, 5.74) is 0. The maximum absolute atomic E-state index is 6.10. The van der Waals surface area contributed by atoms with Gasteiger partial charge in [-0.05, 0) is 28.4 Å². The summed E-state index contributed by atoms with van der Waals surface area (Å²) in [4.78, 5) is 6.56. The monoisotopic (exact) mass is 399 g/mol. The van der Waals surface area contributed by atoms with E-state index in [1.165, 1.54) is 37.5 Å². The Balaban J connectivity index is 0.00000147. The van der Waals surface area contributed by atoms with Gasteiger partial charge in [-0.1, -0.05) is 11.6 Å². The lowest BCUT2D eigenvalue weighted by Crippen LogP contribution is -2.49. The molecule has 2 fully saturated rings. The molecule has 3 rings (SSSR count). The fraction of sp³-hybridized carbons (Fsp3) is 0.692. The molecule has 3 nitrogen and oxygen atoms in total. The van der Waals surface area contributed by atoms with E-state index < -0.39 is 0 Å². The molecule has 1 aromatic heterocycles. The van der Waals surface area contributed by atoms with Crippen LogP contribution in [-0.4, -0.2) is 55.1 Å². The second-order valence-electron chi connectivity index (χ2n) is 5.30. The second kappa shape index (κ2) is 7.77. The highest BCUT2D eigenvalue weighted by Crippen LogP contribution is 2.33. The molecule has 2 aliphatic heterocycles. The molecular weight excluding hydrogens is 381 g/mol. The minimum atomic E-state index is 0. The molecule has 114 valence electrons. The Hall–Kier alpha value is 0.640. The van der Waals surface area contributed by atoms with Gasteiger partial charge in [0.1, 0.15) is 4.34 Å². The first-order valence-corrected chi connectivity index (χ1v) is 8.82. The highest BCUT2D eigenvalue weighted by Gasteiger charge is 2.28. The van der Waals surface area contributed by atoms with Crippen LogP contribution in [0.25, 0.3) is 0 Å². The molecule has 1 aromatic rings. The highest BCUT2D eigenvalue weighted by molar-refractivity contribution is 9.10. The molecule has 0 aromatic carbocycles. The summed E-state index contributed by atoms with van der Waals surface area (Å²) in [5.74, 6) is 0. The van der Waals surface area contributed by atoms with Crippen LogP contribution in [0.1, 0.15) is 11.3 Å². The topological polar surface area (TPSA) is 18.5 Å². The number of piperazine rings is 1. The lowest BCUT2D eigenvalue weighted by molar-refractivity contribution is 0.170. The number of halogens is 3. The van der Waals surface area contributed by atoms with Gasteiger partial charge in [0.15, 0.2) is 0 Å². The van der Waals surface area contributed by atoms with Crippen LogP contribution in [0.2, 0.25) is 4.34 Å². The standard InChI is InChI=1S/C13H19BrClN3S.ClH/c14-12-7-11(19-13(12)15)9-17-4-1-10(8-17)18-5-2-16-3-6-18;/h7,10,16H,1-6,8-9H2;1H. The Bertz CT molecular complexity index is 418. The lowest BCUT2D eigenvalue weighted by atomic mass is 10.2. The van der Waals surface area contributed by atoms with Crippen molar-refractivity contribution >= 4 is 51.3 Å². The molecule has 0 radical (unpaired) electrons. The average molecular weight is 401 g/mol. The van der Waals surface area contributed by atoms with E-state index in [-0.39, 0.29) is 12.4 Å². The van der Waals surface area contributed by atoms with Crippen LogP contribution in [0.4, 0.5) is 0 Å². The molecule has 0 saturated carbocycles. The lowest BCUT2D eigenvalue weighted by Gasteiger charge is -2.32. The first-order valence-electron chi connectivity index (χ1n) is 6.83. The van der Waals surface area contributed by atoms with Gasteiger partial charge < -0.3 is 5.32 Å². The number of hydrogen-bond acceptors (Lipinski definition) is 4. The minimum Gasteiger partial charge on any atom is -0.314 e. The fourth-order valence-corrected chi connectivity index (χ4v) is 4.82. The van der Waals surface area contributed by atoms with Gasteiger partial charge >= 0.3 is 0 Å². The molecule has 2 saturated heterocycles. The van der Waals surface area contributed by atoms with E-state index in [2.05, 4.69) is 37.1 Å². The summed E-state index contributed by atoms with van der Waals surface area (Å²) in [7, 11) is 0. The molecule has 20 heavy (non-hydrogen) atoms. The van der Waals surface area contributed by atoms with Gasteiger partial charge in [0.2, 0.25) is 0 Å². The van der Waals surface area contributed by atoms with Crippen molar-refractivity contribution in [3.63, 3.8) is 0 Å². The zero-order chi connectivity index (χ0) is 13.2. The van der Waals surface area contributed by atoms with Crippen LogP contribution < -0.4 is 5.32 Å². The fourth-order valence-electron chi connectivity index (χ4n) is 2.99. The third-order valence-electron chi connectivity index (χ3n) is 3.99. The van der Waals surface area contributed by atoms with Crippen LogP contribution in [0.3, 0.4) is 0 Å². The SMILES string of the molecule is Cl.Clc1sc(CN2CCC(N3CCNCC3)C2)cc1Br. The molecular formula is C13H20BrCl2N3S. The van der Waals surface area contributed by atoms with Crippen LogP contribution >= 0.6 is 51.3 Å². The van der Waals surface area contributed by atoms with Crippen LogP contribution in [0, 0.1) is 0 Å². The molecule has 1 unspecified atom stereocenters. The predicted octanol–water partition coefficient (Wildman–Crippen LogP) is 3.07. The number of nitrogens with zero attached hydrogens (tertiary/aromatic N) is 2. The van der Waals surface area contributed by atoms with Gasteiger partial charge in [-0.25, -0.2) is 0 Å². The quantitative estimate of drug-likeness (QED) is 0.840. The number of thiophene rings is 1. The Kier molecular flexibility index (Phi) is 6.60. The van der Waals surface area contributed by atoms with Gasteiger partial charge in [0.05, 0.1) is 0 Å². The Labute approximate surface area is 144 Å². The summed E-state index contributed by atoms with van der Waals surface area (Å²) in [5, 5.41) is 3.42. The van der Waals surface area contributed by atoms with Crippen molar-refractivity contribution in [2.75, 3.05) is 39.3 Å². The number of rotatable bonds is 3. The van der Waals surface area contributed by atoms with Crippen LogP contribution in [0.5, 0.6) is 0 Å². The van der Waals surface area contributed by atoms with E-state index in [0.29, 0.717) is 0 Å². The van der Waals surface area contributed by atoms with Gasteiger partial charge in [-0.3, -0.25) is 9.80 Å². The maximum atomic E-state index is 6.10. The number of nitrogens with one attached hydrogen (secondary N) is 1. The summed E-state index contributed by atoms with van der Waals surface area (Å²) in [6, 6.07) is 2.91. The second-order valence-corrected chi connectivity index (χ2v) is 7.89. The van der Waals surface area contributed by atoms with Gasteiger partial charge in [0, 0.05) is 61.2 Å². The zero-order valence-electron chi connectivity index (χ0n) is 11.3. The summed E-state index contributed by atoms with van der Waals surface area (Å²) in [6.45, 7) is 8.14. The van der Waals surface area contributed by atoms with E-state index in [1.807, 2.05) is 0 Å². The summed E-state index contributed by atoms with van der Waals surface area (Å²) < 4.78 is 1.90.